The van der Waals surface area contributed by atoms with Gasteiger partial charge in [0.15, 0.2) is 0 Å². The van der Waals surface area contributed by atoms with Crippen LogP contribution in [-0.2, 0) is 0 Å². The van der Waals surface area contributed by atoms with Crippen LogP contribution >= 0.6 is 0 Å². The highest BCUT2D eigenvalue weighted by molar-refractivity contribution is 4.92. The van der Waals surface area contributed by atoms with Crippen LogP contribution in [0.1, 0.15) is 39.0 Å². The fraction of sp³-hybridized carbons (Fsp3) is 1.00. The first kappa shape index (κ1) is 12.9. The topological polar surface area (TPSA) is 18.5 Å². The summed E-state index contributed by atoms with van der Waals surface area (Å²) in [6, 6.07) is 1.60. The minimum Gasteiger partial charge on any atom is -0.313 e. The normalized spacial score (nSPS) is 35.2. The summed E-state index contributed by atoms with van der Waals surface area (Å²) >= 11 is 0. The Labute approximate surface area is 112 Å². The SMILES string of the molecule is CCNC1CCCC1N1CCN(CC2CC2)CC1. The average molecular weight is 251 g/mol. The van der Waals surface area contributed by atoms with Gasteiger partial charge < -0.3 is 10.2 Å². The molecule has 0 aromatic carbocycles. The Morgan fingerprint density at radius 2 is 1.78 bits per heavy atom. The Morgan fingerprint density at radius 1 is 1.00 bits per heavy atom. The molecule has 1 aliphatic heterocycles. The first-order chi connectivity index (χ1) is 8.86. The maximum atomic E-state index is 3.69. The number of rotatable bonds is 5. The smallest absolute Gasteiger partial charge is 0.0250 e. The van der Waals surface area contributed by atoms with E-state index in [0.29, 0.717) is 0 Å². The standard InChI is InChI=1S/C15H29N3/c1-2-16-14-4-3-5-15(14)18-10-8-17(9-11-18)12-13-6-7-13/h13-16H,2-12H2,1H3. The second kappa shape index (κ2) is 5.89. The van der Waals surface area contributed by atoms with E-state index in [-0.39, 0.29) is 0 Å². The van der Waals surface area contributed by atoms with E-state index in [1.54, 1.807) is 0 Å². The van der Waals surface area contributed by atoms with Crippen molar-refractivity contribution >= 4 is 0 Å². The van der Waals surface area contributed by atoms with Crippen molar-refractivity contribution in [2.45, 2.75) is 51.1 Å². The largest absolute Gasteiger partial charge is 0.313 e. The molecule has 2 saturated carbocycles. The molecular formula is C15H29N3. The zero-order valence-electron chi connectivity index (χ0n) is 11.9. The zero-order valence-corrected chi connectivity index (χ0v) is 11.9. The molecule has 3 nitrogen and oxygen atoms in total. The Balaban J connectivity index is 1.45. The van der Waals surface area contributed by atoms with Gasteiger partial charge in [-0.15, -0.1) is 0 Å². The summed E-state index contributed by atoms with van der Waals surface area (Å²) in [5.41, 5.74) is 0. The van der Waals surface area contributed by atoms with Gasteiger partial charge in [0.2, 0.25) is 0 Å². The predicted molar refractivity (Wildman–Crippen MR) is 75.8 cm³/mol. The van der Waals surface area contributed by atoms with Gasteiger partial charge in [-0.1, -0.05) is 13.3 Å². The molecule has 1 N–H and O–H groups in total. The van der Waals surface area contributed by atoms with Crippen molar-refractivity contribution in [3.8, 4) is 0 Å². The number of likely N-dealkylation sites (N-methyl/N-ethyl adjacent to an activating group) is 1. The lowest BCUT2D eigenvalue weighted by Gasteiger charge is -2.40. The lowest BCUT2D eigenvalue weighted by molar-refractivity contribution is 0.0845. The maximum Gasteiger partial charge on any atom is 0.0250 e. The van der Waals surface area contributed by atoms with Crippen LogP contribution in [0.25, 0.3) is 0 Å². The summed E-state index contributed by atoms with van der Waals surface area (Å²) in [4.78, 5) is 5.47. The minimum absolute atomic E-state index is 0.769. The van der Waals surface area contributed by atoms with Crippen LogP contribution in [-0.4, -0.2) is 61.2 Å². The van der Waals surface area contributed by atoms with E-state index in [9.17, 15) is 0 Å². The second-order valence-corrected chi connectivity index (χ2v) is 6.44. The molecule has 1 heterocycles. The van der Waals surface area contributed by atoms with E-state index >= 15 is 0 Å². The molecule has 0 aromatic heterocycles. The first-order valence-electron chi connectivity index (χ1n) is 8.06. The quantitative estimate of drug-likeness (QED) is 0.800. The number of nitrogens with one attached hydrogen (secondary N) is 1. The van der Waals surface area contributed by atoms with Gasteiger partial charge in [-0.2, -0.15) is 0 Å². The van der Waals surface area contributed by atoms with E-state index in [1.807, 2.05) is 0 Å². The summed E-state index contributed by atoms with van der Waals surface area (Å²) < 4.78 is 0. The third-order valence-corrected chi connectivity index (χ3v) is 5.04. The van der Waals surface area contributed by atoms with E-state index in [2.05, 4.69) is 22.0 Å². The van der Waals surface area contributed by atoms with Gasteiger partial charge in [-0.25, -0.2) is 0 Å². The van der Waals surface area contributed by atoms with Crippen molar-refractivity contribution < 1.29 is 0 Å². The molecule has 0 amide bonds. The van der Waals surface area contributed by atoms with E-state index in [1.165, 1.54) is 64.8 Å². The van der Waals surface area contributed by atoms with E-state index in [0.717, 1.165) is 24.5 Å². The Bertz CT molecular complexity index is 256. The molecule has 1 saturated heterocycles. The van der Waals surface area contributed by atoms with Crippen LogP contribution in [0.3, 0.4) is 0 Å². The van der Waals surface area contributed by atoms with E-state index in [4.69, 9.17) is 0 Å². The molecule has 3 rings (SSSR count). The Kier molecular flexibility index (Phi) is 4.22. The molecule has 0 bridgehead atoms. The minimum atomic E-state index is 0.769. The van der Waals surface area contributed by atoms with Crippen LogP contribution in [0.4, 0.5) is 0 Å². The molecule has 2 atom stereocenters. The lowest BCUT2D eigenvalue weighted by Crippen LogP contribution is -2.54. The maximum absolute atomic E-state index is 3.69. The molecule has 3 heteroatoms. The monoisotopic (exact) mass is 251 g/mol. The summed E-state index contributed by atoms with van der Waals surface area (Å²) in [5, 5.41) is 3.69. The number of hydrogen-bond donors (Lipinski definition) is 1. The highest BCUT2D eigenvalue weighted by atomic mass is 15.3. The summed E-state index contributed by atoms with van der Waals surface area (Å²) in [6.07, 6.45) is 7.21. The van der Waals surface area contributed by atoms with Crippen LogP contribution in [0, 0.1) is 5.92 Å². The second-order valence-electron chi connectivity index (χ2n) is 6.44. The summed E-state index contributed by atoms with van der Waals surface area (Å²) in [6.45, 7) is 9.98. The average Bonchev–Trinajstić information content (AvgIpc) is 3.08. The molecule has 3 aliphatic rings. The lowest BCUT2D eigenvalue weighted by atomic mass is 10.1. The van der Waals surface area contributed by atoms with Crippen molar-refractivity contribution in [2.24, 2.45) is 5.92 Å². The van der Waals surface area contributed by atoms with Crippen molar-refractivity contribution in [3.05, 3.63) is 0 Å². The molecule has 2 aliphatic carbocycles. The van der Waals surface area contributed by atoms with Gasteiger partial charge in [0.25, 0.3) is 0 Å². The highest BCUT2D eigenvalue weighted by Gasteiger charge is 2.34. The summed E-state index contributed by atoms with van der Waals surface area (Å²) in [7, 11) is 0. The van der Waals surface area contributed by atoms with Crippen molar-refractivity contribution in [3.63, 3.8) is 0 Å². The molecule has 2 unspecified atom stereocenters. The Hall–Kier alpha value is -0.120. The molecular weight excluding hydrogens is 222 g/mol. The third-order valence-electron chi connectivity index (χ3n) is 5.04. The van der Waals surface area contributed by atoms with E-state index < -0.39 is 0 Å². The fourth-order valence-corrected chi connectivity index (χ4v) is 3.82. The molecule has 0 radical (unpaired) electrons. The van der Waals surface area contributed by atoms with Crippen LogP contribution in [0.15, 0.2) is 0 Å². The molecule has 104 valence electrons. The number of nitrogens with zero attached hydrogens (tertiary/aromatic N) is 2. The van der Waals surface area contributed by atoms with Gasteiger partial charge in [0.1, 0.15) is 0 Å². The van der Waals surface area contributed by atoms with Gasteiger partial charge in [0.05, 0.1) is 0 Å². The van der Waals surface area contributed by atoms with Gasteiger partial charge in [0, 0.05) is 44.8 Å². The highest BCUT2D eigenvalue weighted by Crippen LogP contribution is 2.30. The zero-order chi connectivity index (χ0) is 12.4. The van der Waals surface area contributed by atoms with Gasteiger partial charge in [-0.3, -0.25) is 4.90 Å². The predicted octanol–water partition coefficient (Wildman–Crippen LogP) is 1.54. The first-order valence-corrected chi connectivity index (χ1v) is 8.06. The van der Waals surface area contributed by atoms with Crippen molar-refractivity contribution in [1.29, 1.82) is 0 Å². The van der Waals surface area contributed by atoms with Crippen molar-refractivity contribution in [1.82, 2.24) is 15.1 Å². The van der Waals surface area contributed by atoms with Crippen LogP contribution < -0.4 is 5.32 Å². The number of hydrogen-bond acceptors (Lipinski definition) is 3. The van der Waals surface area contributed by atoms with Crippen LogP contribution in [0.2, 0.25) is 0 Å². The number of piperazine rings is 1. The van der Waals surface area contributed by atoms with Crippen LogP contribution in [0.5, 0.6) is 0 Å². The van der Waals surface area contributed by atoms with Crippen molar-refractivity contribution in [2.75, 3.05) is 39.3 Å². The molecule has 18 heavy (non-hydrogen) atoms. The Morgan fingerprint density at radius 3 is 2.44 bits per heavy atom. The third kappa shape index (κ3) is 3.06. The summed E-state index contributed by atoms with van der Waals surface area (Å²) in [5.74, 6) is 1.05. The van der Waals surface area contributed by atoms with Gasteiger partial charge >= 0.3 is 0 Å². The molecule has 3 fully saturated rings. The van der Waals surface area contributed by atoms with Gasteiger partial charge in [-0.05, 0) is 38.1 Å². The fourth-order valence-electron chi connectivity index (χ4n) is 3.82. The molecule has 0 aromatic rings. The molecule has 0 spiro atoms.